The second-order valence-electron chi connectivity index (χ2n) is 7.93. The highest BCUT2D eigenvalue weighted by atomic mass is 15.3. The van der Waals surface area contributed by atoms with Crippen molar-refractivity contribution in [3.05, 3.63) is 53.6 Å². The van der Waals surface area contributed by atoms with Crippen molar-refractivity contribution in [1.82, 2.24) is 34.7 Å². The van der Waals surface area contributed by atoms with Gasteiger partial charge in [0.2, 0.25) is 0 Å². The molecule has 0 aliphatic carbocycles. The minimum atomic E-state index is 0.743. The molecule has 4 aromatic rings. The Morgan fingerprint density at radius 3 is 2.23 bits per heavy atom. The first-order chi connectivity index (χ1) is 15.0. The van der Waals surface area contributed by atoms with Gasteiger partial charge in [0.15, 0.2) is 5.82 Å². The first kappa shape index (κ1) is 19.3. The van der Waals surface area contributed by atoms with E-state index in [4.69, 9.17) is 9.97 Å². The van der Waals surface area contributed by atoms with Crippen LogP contribution in [0, 0.1) is 27.7 Å². The second kappa shape index (κ2) is 7.57. The molecule has 0 spiro atoms. The first-order valence-electron chi connectivity index (χ1n) is 10.5. The average Bonchev–Trinajstić information content (AvgIpc) is 3.11. The Labute approximate surface area is 180 Å². The number of aromatic nitrogens is 7. The van der Waals surface area contributed by atoms with E-state index in [2.05, 4.69) is 35.9 Å². The lowest BCUT2D eigenvalue weighted by molar-refractivity contribution is 0.639. The molecule has 0 saturated carbocycles. The average molecular weight is 416 g/mol. The van der Waals surface area contributed by atoms with Gasteiger partial charge in [-0.2, -0.15) is 5.10 Å². The minimum absolute atomic E-state index is 0.743. The van der Waals surface area contributed by atoms with Crippen LogP contribution in [0.1, 0.15) is 23.0 Å². The summed E-state index contributed by atoms with van der Waals surface area (Å²) < 4.78 is 1.88. The van der Waals surface area contributed by atoms with Gasteiger partial charge >= 0.3 is 0 Å². The fourth-order valence-corrected chi connectivity index (χ4v) is 4.13. The van der Waals surface area contributed by atoms with E-state index in [-0.39, 0.29) is 0 Å². The molecule has 9 heteroatoms. The van der Waals surface area contributed by atoms with Crippen LogP contribution in [0.5, 0.6) is 0 Å². The largest absolute Gasteiger partial charge is 0.353 e. The third kappa shape index (κ3) is 3.67. The van der Waals surface area contributed by atoms with Crippen LogP contribution < -0.4 is 9.80 Å². The predicted octanol–water partition coefficient (Wildman–Crippen LogP) is 2.56. The SMILES string of the molecule is Cc1cc(C)n(-c2cc(N3CCN(c4nc(C)nc5cnccc45)CC3)nc(C)n2)n1. The Hall–Kier alpha value is -3.62. The maximum absolute atomic E-state index is 4.73. The molecule has 1 aliphatic heterocycles. The Kier molecular flexibility index (Phi) is 4.72. The molecular formula is C22H25N9. The highest BCUT2D eigenvalue weighted by molar-refractivity contribution is 5.88. The molecule has 5 heterocycles. The molecule has 0 N–H and O–H groups in total. The number of aryl methyl sites for hydroxylation is 4. The molecule has 0 aromatic carbocycles. The third-order valence-electron chi connectivity index (χ3n) is 5.53. The standard InChI is InChI=1S/C22H25N9/c1-14-11-15(2)31(28-14)21-12-20(25-17(4)26-21)29-7-9-30(10-8-29)22-18-5-6-23-13-19(18)24-16(3)27-22/h5-6,11-13H,7-10H2,1-4H3. The highest BCUT2D eigenvalue weighted by Crippen LogP contribution is 2.25. The molecule has 0 amide bonds. The lowest BCUT2D eigenvalue weighted by Gasteiger charge is -2.36. The van der Waals surface area contributed by atoms with E-state index in [1.54, 1.807) is 12.4 Å². The molecule has 0 unspecified atom stereocenters. The molecule has 5 rings (SSSR count). The molecule has 0 radical (unpaired) electrons. The molecule has 0 bridgehead atoms. The smallest absolute Gasteiger partial charge is 0.159 e. The number of rotatable bonds is 3. The zero-order valence-corrected chi connectivity index (χ0v) is 18.2. The summed E-state index contributed by atoms with van der Waals surface area (Å²) in [5, 5.41) is 5.62. The summed E-state index contributed by atoms with van der Waals surface area (Å²) in [5.74, 6) is 4.22. The summed E-state index contributed by atoms with van der Waals surface area (Å²) in [6, 6.07) is 6.07. The van der Waals surface area contributed by atoms with Gasteiger partial charge in [-0.1, -0.05) is 0 Å². The predicted molar refractivity (Wildman–Crippen MR) is 120 cm³/mol. The van der Waals surface area contributed by atoms with Crippen molar-refractivity contribution in [3.63, 3.8) is 0 Å². The zero-order chi connectivity index (χ0) is 21.5. The summed E-state index contributed by atoms with van der Waals surface area (Å²) in [6.45, 7) is 11.3. The molecule has 1 saturated heterocycles. The molecule has 0 atom stereocenters. The number of hydrogen-bond donors (Lipinski definition) is 0. The van der Waals surface area contributed by atoms with E-state index in [0.29, 0.717) is 0 Å². The van der Waals surface area contributed by atoms with Crippen LogP contribution in [0.4, 0.5) is 11.6 Å². The number of anilines is 2. The fraction of sp³-hybridized carbons (Fsp3) is 0.364. The van der Waals surface area contributed by atoms with Gasteiger partial charge in [-0.15, -0.1) is 0 Å². The first-order valence-corrected chi connectivity index (χ1v) is 10.5. The Bertz CT molecular complexity index is 1260. The fourth-order valence-electron chi connectivity index (χ4n) is 4.13. The van der Waals surface area contributed by atoms with Gasteiger partial charge in [0.05, 0.1) is 17.4 Å². The molecule has 9 nitrogen and oxygen atoms in total. The van der Waals surface area contributed by atoms with Crippen molar-refractivity contribution < 1.29 is 0 Å². The number of hydrogen-bond acceptors (Lipinski definition) is 8. The van der Waals surface area contributed by atoms with E-state index in [0.717, 1.165) is 77.6 Å². The van der Waals surface area contributed by atoms with Gasteiger partial charge in [-0.25, -0.2) is 24.6 Å². The monoisotopic (exact) mass is 415 g/mol. The van der Waals surface area contributed by atoms with Crippen molar-refractivity contribution >= 4 is 22.5 Å². The third-order valence-corrected chi connectivity index (χ3v) is 5.53. The Morgan fingerprint density at radius 1 is 0.774 bits per heavy atom. The van der Waals surface area contributed by atoms with Crippen LogP contribution in [0.2, 0.25) is 0 Å². The van der Waals surface area contributed by atoms with Gasteiger partial charge in [0.1, 0.15) is 23.3 Å². The number of nitrogens with zero attached hydrogens (tertiary/aromatic N) is 9. The summed E-state index contributed by atoms with van der Waals surface area (Å²) in [5.41, 5.74) is 2.92. The van der Waals surface area contributed by atoms with Crippen LogP contribution in [-0.2, 0) is 0 Å². The minimum Gasteiger partial charge on any atom is -0.353 e. The molecule has 4 aromatic heterocycles. The van der Waals surface area contributed by atoms with Gasteiger partial charge < -0.3 is 9.80 Å². The topological polar surface area (TPSA) is 88.8 Å². The van der Waals surface area contributed by atoms with Gasteiger partial charge in [0, 0.05) is 49.5 Å². The molecule has 1 fully saturated rings. The zero-order valence-electron chi connectivity index (χ0n) is 18.2. The van der Waals surface area contributed by atoms with E-state index in [1.807, 2.05) is 44.5 Å². The Balaban J connectivity index is 1.40. The summed E-state index contributed by atoms with van der Waals surface area (Å²) in [7, 11) is 0. The number of pyridine rings is 1. The summed E-state index contributed by atoms with van der Waals surface area (Å²) >= 11 is 0. The van der Waals surface area contributed by atoms with Crippen molar-refractivity contribution in [2.45, 2.75) is 27.7 Å². The van der Waals surface area contributed by atoms with E-state index in [9.17, 15) is 0 Å². The quantitative estimate of drug-likeness (QED) is 0.504. The lowest BCUT2D eigenvalue weighted by Crippen LogP contribution is -2.47. The van der Waals surface area contributed by atoms with Crippen LogP contribution in [0.3, 0.4) is 0 Å². The maximum Gasteiger partial charge on any atom is 0.159 e. The molecule has 1 aliphatic rings. The van der Waals surface area contributed by atoms with Crippen molar-refractivity contribution in [3.8, 4) is 5.82 Å². The molecule has 31 heavy (non-hydrogen) atoms. The van der Waals surface area contributed by atoms with Crippen molar-refractivity contribution in [1.29, 1.82) is 0 Å². The van der Waals surface area contributed by atoms with Crippen LogP contribution >= 0.6 is 0 Å². The second-order valence-corrected chi connectivity index (χ2v) is 7.93. The van der Waals surface area contributed by atoms with Gasteiger partial charge in [-0.05, 0) is 39.8 Å². The molecular weight excluding hydrogens is 390 g/mol. The maximum atomic E-state index is 4.73. The van der Waals surface area contributed by atoms with Crippen LogP contribution in [0.15, 0.2) is 30.6 Å². The normalized spacial score (nSPS) is 14.5. The molecule has 158 valence electrons. The Morgan fingerprint density at radius 2 is 1.48 bits per heavy atom. The lowest BCUT2D eigenvalue weighted by atomic mass is 10.2. The van der Waals surface area contributed by atoms with Crippen molar-refractivity contribution in [2.24, 2.45) is 0 Å². The van der Waals surface area contributed by atoms with Gasteiger partial charge in [-0.3, -0.25) is 4.98 Å². The summed E-state index contributed by atoms with van der Waals surface area (Å²) in [6.07, 6.45) is 3.60. The number of fused-ring (bicyclic) bond motifs is 1. The van der Waals surface area contributed by atoms with Crippen LogP contribution in [-0.4, -0.2) is 60.9 Å². The number of piperazine rings is 1. The van der Waals surface area contributed by atoms with E-state index < -0.39 is 0 Å². The van der Waals surface area contributed by atoms with Crippen molar-refractivity contribution in [2.75, 3.05) is 36.0 Å². The van der Waals surface area contributed by atoms with Crippen LogP contribution in [0.25, 0.3) is 16.7 Å². The highest BCUT2D eigenvalue weighted by Gasteiger charge is 2.22. The van der Waals surface area contributed by atoms with Gasteiger partial charge in [0.25, 0.3) is 0 Å². The van der Waals surface area contributed by atoms with E-state index >= 15 is 0 Å². The van der Waals surface area contributed by atoms with E-state index in [1.165, 1.54) is 0 Å². The summed E-state index contributed by atoms with van der Waals surface area (Å²) in [4.78, 5) is 27.4.